The Balaban J connectivity index is 1.54. The normalized spacial score (nSPS) is 26.6. The van der Waals surface area contributed by atoms with Gasteiger partial charge in [-0.3, -0.25) is 9.36 Å². The predicted octanol–water partition coefficient (Wildman–Crippen LogP) is 3.25. The van der Waals surface area contributed by atoms with Crippen LogP contribution in [0.4, 0.5) is 5.82 Å². The van der Waals surface area contributed by atoms with Crippen molar-refractivity contribution in [2.24, 2.45) is 5.92 Å². The lowest BCUT2D eigenvalue weighted by molar-refractivity contribution is -0.186. The van der Waals surface area contributed by atoms with E-state index < -0.39 is 38.1 Å². The lowest BCUT2D eigenvalue weighted by Crippen LogP contribution is -2.46. The molecule has 2 aliphatic heterocycles. The molecule has 184 valence electrons. The maximum absolute atomic E-state index is 12.9. The van der Waals surface area contributed by atoms with E-state index >= 15 is 0 Å². The van der Waals surface area contributed by atoms with Gasteiger partial charge >= 0.3 is 5.69 Å². The lowest BCUT2D eigenvalue weighted by Gasteiger charge is -2.35. The molecule has 4 rings (SSSR count). The van der Waals surface area contributed by atoms with Crippen molar-refractivity contribution in [2.45, 2.75) is 31.0 Å². The number of amides is 1. The number of nitrogens with one attached hydrogen (secondary N) is 1. The van der Waals surface area contributed by atoms with Crippen LogP contribution < -0.4 is 11.0 Å². The molecule has 11 heteroatoms. The quantitative estimate of drug-likeness (QED) is 0.232. The van der Waals surface area contributed by atoms with Crippen molar-refractivity contribution >= 4 is 20.1 Å². The third-order valence-electron chi connectivity index (χ3n) is 6.15. The number of hydrogen-bond acceptors (Lipinski definition) is 7. The average molecular weight is 498 g/mol. The monoisotopic (exact) mass is 498 g/mol. The van der Waals surface area contributed by atoms with Crippen LogP contribution in [0.2, 0.25) is 0 Å². The Morgan fingerprint density at radius 1 is 1.46 bits per heavy atom. The minimum absolute atomic E-state index is 0.136. The number of anilines is 1. The van der Waals surface area contributed by atoms with Gasteiger partial charge in [0.15, 0.2) is 14.6 Å². The molecule has 3 unspecified atom stereocenters. The number of hydrogen-bond donors (Lipinski definition) is 1. The molecule has 1 aromatic carbocycles. The minimum Gasteiger partial charge on any atom is -0.367 e. The molecule has 0 spiro atoms. The zero-order valence-corrected chi connectivity index (χ0v) is 20.4. The highest BCUT2D eigenvalue weighted by atomic mass is 31.2. The first-order valence-electron chi connectivity index (χ1n) is 11.1. The van der Waals surface area contributed by atoms with Crippen molar-refractivity contribution in [3.05, 3.63) is 82.7 Å². The van der Waals surface area contributed by atoms with Crippen molar-refractivity contribution in [2.75, 3.05) is 31.7 Å². The molecular weight excluding hydrogens is 471 g/mol. The van der Waals surface area contributed by atoms with Crippen LogP contribution >= 0.6 is 8.38 Å². The second-order valence-electron chi connectivity index (χ2n) is 8.27. The topological polar surface area (TPSA) is 105 Å². The fourth-order valence-electron chi connectivity index (χ4n) is 4.22. The van der Waals surface area contributed by atoms with Crippen LogP contribution in [0.15, 0.2) is 60.0 Å². The molecule has 1 amide bonds. The summed E-state index contributed by atoms with van der Waals surface area (Å²) in [5.41, 5.74) is -0.987. The van der Waals surface area contributed by atoms with E-state index in [1.807, 2.05) is 19.7 Å². The fraction of sp³-hybridized carbons (Fsp3) is 0.417. The first-order valence-corrected chi connectivity index (χ1v) is 12.8. The molecule has 2 saturated heterocycles. The van der Waals surface area contributed by atoms with E-state index in [9.17, 15) is 9.59 Å². The zero-order valence-electron chi connectivity index (χ0n) is 19.5. The molecule has 2 bridgehead atoms. The van der Waals surface area contributed by atoms with E-state index in [4.69, 9.17) is 25.1 Å². The largest absolute Gasteiger partial charge is 0.367 e. The molecule has 2 aliphatic rings. The Kier molecular flexibility index (Phi) is 7.75. The molecule has 35 heavy (non-hydrogen) atoms. The Morgan fingerprint density at radius 2 is 2.23 bits per heavy atom. The number of carbonyl (C=O) groups is 1. The van der Waals surface area contributed by atoms with Crippen molar-refractivity contribution in [3.8, 4) is 0 Å². The molecule has 0 radical (unpaired) electrons. The van der Waals surface area contributed by atoms with Crippen molar-refractivity contribution in [1.29, 1.82) is 0 Å². The Bertz CT molecular complexity index is 1170. The van der Waals surface area contributed by atoms with Crippen LogP contribution in [0, 0.1) is 12.5 Å². The van der Waals surface area contributed by atoms with Crippen LogP contribution in [-0.2, 0) is 18.5 Å². The van der Waals surface area contributed by atoms with Gasteiger partial charge in [0.1, 0.15) is 30.2 Å². The SMILES string of the molecule is [C-]#[N+]CCOP(C)O[C@H]1C2OCC1([C@@H](C)C=C)O[C@H]2n1ccc(NC(=O)c2ccccc2)nc1=O. The summed E-state index contributed by atoms with van der Waals surface area (Å²) < 4.78 is 25.7. The van der Waals surface area contributed by atoms with Gasteiger partial charge in [-0.2, -0.15) is 4.98 Å². The highest BCUT2D eigenvalue weighted by Gasteiger charge is 2.65. The molecule has 3 heterocycles. The molecule has 1 aromatic heterocycles. The van der Waals surface area contributed by atoms with Crippen LogP contribution in [0.25, 0.3) is 4.85 Å². The van der Waals surface area contributed by atoms with Crippen LogP contribution in [-0.4, -0.2) is 59.7 Å². The highest BCUT2D eigenvalue weighted by molar-refractivity contribution is 7.46. The predicted molar refractivity (Wildman–Crippen MR) is 130 cm³/mol. The van der Waals surface area contributed by atoms with Gasteiger partial charge in [0, 0.05) is 24.3 Å². The number of nitrogens with zero attached hydrogens (tertiary/aromatic N) is 3. The lowest BCUT2D eigenvalue weighted by atomic mass is 9.86. The molecule has 2 fully saturated rings. The minimum atomic E-state index is -1.30. The van der Waals surface area contributed by atoms with Gasteiger partial charge in [-0.1, -0.05) is 31.2 Å². The fourth-order valence-corrected chi connectivity index (χ4v) is 5.24. The number of benzene rings is 1. The number of ether oxygens (including phenoxy) is 2. The highest BCUT2D eigenvalue weighted by Crippen LogP contribution is 2.54. The Labute approximate surface area is 204 Å². The summed E-state index contributed by atoms with van der Waals surface area (Å²) in [6, 6.07) is 10.2. The van der Waals surface area contributed by atoms with Gasteiger partial charge in [-0.15, -0.1) is 6.58 Å². The first kappa shape index (κ1) is 25.2. The van der Waals surface area contributed by atoms with Crippen LogP contribution in [0.5, 0.6) is 0 Å². The summed E-state index contributed by atoms with van der Waals surface area (Å²) in [4.78, 5) is 32.6. The number of fused-ring (bicyclic) bond motifs is 2. The van der Waals surface area contributed by atoms with Gasteiger partial charge in [-0.25, -0.2) is 11.4 Å². The summed E-state index contributed by atoms with van der Waals surface area (Å²) in [6.45, 7) is 15.4. The van der Waals surface area contributed by atoms with E-state index in [0.717, 1.165) is 0 Å². The van der Waals surface area contributed by atoms with Gasteiger partial charge in [0.2, 0.25) is 6.54 Å². The van der Waals surface area contributed by atoms with E-state index in [1.165, 1.54) is 16.8 Å². The summed E-state index contributed by atoms with van der Waals surface area (Å²) in [5, 5.41) is 2.64. The van der Waals surface area contributed by atoms with E-state index in [1.54, 1.807) is 30.3 Å². The molecule has 0 saturated carbocycles. The average Bonchev–Trinajstić information content (AvgIpc) is 3.37. The van der Waals surface area contributed by atoms with Crippen molar-refractivity contribution < 1.29 is 23.3 Å². The maximum atomic E-state index is 12.9. The van der Waals surface area contributed by atoms with Crippen molar-refractivity contribution in [3.63, 3.8) is 0 Å². The summed E-state index contributed by atoms with van der Waals surface area (Å²) >= 11 is 0. The maximum Gasteiger partial charge on any atom is 0.351 e. The Hall–Kier alpha value is -2.93. The molecule has 2 aromatic rings. The number of rotatable bonds is 10. The van der Waals surface area contributed by atoms with Gasteiger partial charge in [0.05, 0.1) is 6.61 Å². The first-order chi connectivity index (χ1) is 16.9. The number of aromatic nitrogens is 2. The van der Waals surface area contributed by atoms with Crippen LogP contribution in [0.1, 0.15) is 23.5 Å². The smallest absolute Gasteiger partial charge is 0.351 e. The Morgan fingerprint density at radius 3 is 2.91 bits per heavy atom. The summed E-state index contributed by atoms with van der Waals surface area (Å²) in [7, 11) is -1.30. The van der Waals surface area contributed by atoms with Gasteiger partial charge in [-0.05, 0) is 18.2 Å². The third-order valence-corrected chi connectivity index (χ3v) is 7.22. The molecule has 1 N–H and O–H groups in total. The van der Waals surface area contributed by atoms with E-state index in [-0.39, 0.29) is 37.4 Å². The summed E-state index contributed by atoms with van der Waals surface area (Å²) in [6.07, 6.45) is 1.44. The van der Waals surface area contributed by atoms with Crippen LogP contribution in [0.3, 0.4) is 0 Å². The second kappa shape index (κ2) is 10.8. The molecule has 6 atom stereocenters. The zero-order chi connectivity index (χ0) is 25.0. The van der Waals surface area contributed by atoms with E-state index in [2.05, 4.69) is 21.7 Å². The number of carbonyl (C=O) groups excluding carboxylic acids is 1. The van der Waals surface area contributed by atoms with Gasteiger partial charge in [0.25, 0.3) is 5.91 Å². The second-order valence-corrected chi connectivity index (χ2v) is 9.62. The molecule has 0 aliphatic carbocycles. The standard InChI is InChI=1S/C24H27N4O6P/c1-5-16(2)24-15-31-19(20(24)34-35(4)32-14-12-25-3)22(33-24)28-13-11-18(27-23(28)30)26-21(29)17-9-7-6-8-10-17/h5-11,13,16,19-20,22H,1,12,14-15H2,2,4H3,(H,26,27,29,30)/t16-,19?,20-,22+,24?,35?/m0/s1. The third kappa shape index (κ3) is 5.06. The molecular formula is C24H27N4O6P. The summed E-state index contributed by atoms with van der Waals surface area (Å²) in [5.74, 6) is -0.366. The van der Waals surface area contributed by atoms with Crippen molar-refractivity contribution in [1.82, 2.24) is 9.55 Å². The van der Waals surface area contributed by atoms with E-state index in [0.29, 0.717) is 5.56 Å². The molecule has 10 nitrogen and oxygen atoms in total. The van der Waals surface area contributed by atoms with Gasteiger partial charge < -0.3 is 28.7 Å².